The summed E-state index contributed by atoms with van der Waals surface area (Å²) in [7, 11) is 0. The first-order valence-corrected chi connectivity index (χ1v) is 4.22. The Morgan fingerprint density at radius 2 is 1.92 bits per heavy atom. The molecule has 1 saturated heterocycles. The second-order valence-corrected chi connectivity index (χ2v) is 3.46. The highest BCUT2D eigenvalue weighted by atomic mass is 16.3. The van der Waals surface area contributed by atoms with Crippen molar-refractivity contribution in [3.63, 3.8) is 0 Å². The van der Waals surface area contributed by atoms with Crippen LogP contribution in [-0.2, 0) is 0 Å². The van der Waals surface area contributed by atoms with E-state index >= 15 is 0 Å². The van der Waals surface area contributed by atoms with Gasteiger partial charge in [-0.05, 0) is 31.0 Å². The summed E-state index contributed by atoms with van der Waals surface area (Å²) in [6.45, 7) is 5.08. The Labute approximate surface area is 72.2 Å². The number of phenolic OH excluding ortho intramolecular Hbond substituents is 1. The zero-order valence-electron chi connectivity index (χ0n) is 7.39. The van der Waals surface area contributed by atoms with Crippen molar-refractivity contribution in [3.05, 3.63) is 28.8 Å². The monoisotopic (exact) mass is 163 g/mol. The van der Waals surface area contributed by atoms with Gasteiger partial charge in [0.05, 0.1) is 0 Å². The SMILES string of the molecule is Cc1cc(O)c([C@H]2CN2)cc1C. The van der Waals surface area contributed by atoms with E-state index in [1.54, 1.807) is 0 Å². The van der Waals surface area contributed by atoms with Gasteiger partial charge >= 0.3 is 0 Å². The molecule has 2 nitrogen and oxygen atoms in total. The molecule has 2 heteroatoms. The third-order valence-electron chi connectivity index (χ3n) is 2.43. The second kappa shape index (κ2) is 2.49. The molecule has 0 aliphatic carbocycles. The molecule has 2 N–H and O–H groups in total. The van der Waals surface area contributed by atoms with E-state index in [-0.39, 0.29) is 0 Å². The topological polar surface area (TPSA) is 42.2 Å². The number of aryl methyl sites for hydroxylation is 2. The van der Waals surface area contributed by atoms with Crippen LogP contribution in [0, 0.1) is 13.8 Å². The Hall–Kier alpha value is -1.02. The molecular weight excluding hydrogens is 150 g/mol. The molecule has 1 aromatic rings. The van der Waals surface area contributed by atoms with Crippen molar-refractivity contribution in [3.8, 4) is 5.75 Å². The van der Waals surface area contributed by atoms with Crippen LogP contribution in [0.5, 0.6) is 5.75 Å². The number of phenols is 1. The van der Waals surface area contributed by atoms with Crippen LogP contribution in [0.25, 0.3) is 0 Å². The molecule has 12 heavy (non-hydrogen) atoms. The fourth-order valence-corrected chi connectivity index (χ4v) is 1.38. The summed E-state index contributed by atoms with van der Waals surface area (Å²) in [6, 6.07) is 4.30. The molecule has 1 aromatic carbocycles. The van der Waals surface area contributed by atoms with E-state index in [4.69, 9.17) is 0 Å². The van der Waals surface area contributed by atoms with E-state index in [9.17, 15) is 5.11 Å². The Bertz CT molecular complexity index is 316. The summed E-state index contributed by atoms with van der Waals surface area (Å²) in [6.07, 6.45) is 0. The Morgan fingerprint density at radius 1 is 1.33 bits per heavy atom. The lowest BCUT2D eigenvalue weighted by atomic mass is 10.0. The number of hydrogen-bond donors (Lipinski definition) is 2. The predicted octanol–water partition coefficient (Wildman–Crippen LogP) is 1.65. The van der Waals surface area contributed by atoms with Crippen molar-refractivity contribution >= 4 is 0 Å². The fourth-order valence-electron chi connectivity index (χ4n) is 1.38. The van der Waals surface area contributed by atoms with Gasteiger partial charge in [0.1, 0.15) is 5.75 Å². The van der Waals surface area contributed by atoms with E-state index in [0.29, 0.717) is 11.8 Å². The summed E-state index contributed by atoms with van der Waals surface area (Å²) in [5, 5.41) is 12.8. The highest BCUT2D eigenvalue weighted by Gasteiger charge is 2.25. The number of hydrogen-bond acceptors (Lipinski definition) is 2. The Balaban J connectivity index is 2.47. The third kappa shape index (κ3) is 1.18. The van der Waals surface area contributed by atoms with Crippen LogP contribution >= 0.6 is 0 Å². The molecule has 1 fully saturated rings. The highest BCUT2D eigenvalue weighted by Crippen LogP contribution is 2.31. The van der Waals surface area contributed by atoms with Gasteiger partial charge in [0.2, 0.25) is 0 Å². The molecule has 1 aliphatic heterocycles. The smallest absolute Gasteiger partial charge is 0.120 e. The lowest BCUT2D eigenvalue weighted by Crippen LogP contribution is -1.89. The van der Waals surface area contributed by atoms with E-state index in [0.717, 1.165) is 17.7 Å². The average molecular weight is 163 g/mol. The minimum Gasteiger partial charge on any atom is -0.508 e. The maximum atomic E-state index is 9.59. The molecule has 0 spiro atoms. The van der Waals surface area contributed by atoms with E-state index < -0.39 is 0 Å². The van der Waals surface area contributed by atoms with Gasteiger partial charge in [0.25, 0.3) is 0 Å². The van der Waals surface area contributed by atoms with Crippen LogP contribution in [0.1, 0.15) is 22.7 Å². The van der Waals surface area contributed by atoms with Gasteiger partial charge in [0, 0.05) is 18.2 Å². The number of nitrogens with one attached hydrogen (secondary N) is 1. The lowest BCUT2D eigenvalue weighted by Gasteiger charge is -2.06. The molecule has 1 aliphatic rings. The average Bonchev–Trinajstić information content (AvgIpc) is 2.79. The van der Waals surface area contributed by atoms with Gasteiger partial charge < -0.3 is 10.4 Å². The van der Waals surface area contributed by atoms with Crippen molar-refractivity contribution in [2.45, 2.75) is 19.9 Å². The molecule has 0 radical (unpaired) electrons. The standard InChI is InChI=1S/C10H13NO/c1-6-3-8(9-5-11-9)10(12)4-7(6)2/h3-4,9,11-12H,5H2,1-2H3/t9-/m1/s1. The molecule has 0 unspecified atom stereocenters. The van der Waals surface area contributed by atoms with Crippen LogP contribution in [0.15, 0.2) is 12.1 Å². The third-order valence-corrected chi connectivity index (χ3v) is 2.43. The van der Waals surface area contributed by atoms with Gasteiger partial charge in [-0.25, -0.2) is 0 Å². The van der Waals surface area contributed by atoms with Gasteiger partial charge in [-0.2, -0.15) is 0 Å². The predicted molar refractivity (Wildman–Crippen MR) is 48.3 cm³/mol. The zero-order chi connectivity index (χ0) is 8.72. The molecule has 0 amide bonds. The van der Waals surface area contributed by atoms with Crippen LogP contribution < -0.4 is 5.32 Å². The fraction of sp³-hybridized carbons (Fsp3) is 0.400. The molecule has 1 atom stereocenters. The number of aromatic hydroxyl groups is 1. The molecule has 64 valence electrons. The number of rotatable bonds is 1. The van der Waals surface area contributed by atoms with Crippen LogP contribution in [-0.4, -0.2) is 11.7 Å². The summed E-state index contributed by atoms with van der Waals surface area (Å²) in [5.74, 6) is 0.424. The summed E-state index contributed by atoms with van der Waals surface area (Å²) < 4.78 is 0. The second-order valence-electron chi connectivity index (χ2n) is 3.46. The van der Waals surface area contributed by atoms with Gasteiger partial charge in [0.15, 0.2) is 0 Å². The first-order valence-electron chi connectivity index (χ1n) is 4.22. The molecule has 0 bridgehead atoms. The van der Waals surface area contributed by atoms with Gasteiger partial charge in [-0.3, -0.25) is 0 Å². The van der Waals surface area contributed by atoms with Crippen molar-refractivity contribution in [1.29, 1.82) is 0 Å². The molecule has 0 aromatic heterocycles. The van der Waals surface area contributed by atoms with Crippen molar-refractivity contribution in [1.82, 2.24) is 5.32 Å². The van der Waals surface area contributed by atoms with E-state index in [2.05, 4.69) is 18.3 Å². The maximum absolute atomic E-state index is 9.59. The molecular formula is C10H13NO. The largest absolute Gasteiger partial charge is 0.508 e. The van der Waals surface area contributed by atoms with Gasteiger partial charge in [-0.1, -0.05) is 6.07 Å². The minimum atomic E-state index is 0.393. The Kier molecular flexibility index (Phi) is 1.58. The van der Waals surface area contributed by atoms with Crippen molar-refractivity contribution in [2.24, 2.45) is 0 Å². The summed E-state index contributed by atoms with van der Waals surface area (Å²) >= 11 is 0. The van der Waals surface area contributed by atoms with Crippen LogP contribution in [0.2, 0.25) is 0 Å². The van der Waals surface area contributed by atoms with Crippen LogP contribution in [0.3, 0.4) is 0 Å². The molecule has 1 heterocycles. The van der Waals surface area contributed by atoms with E-state index in [1.165, 1.54) is 5.56 Å². The normalized spacial score (nSPS) is 21.0. The molecule has 2 rings (SSSR count). The quantitative estimate of drug-likeness (QED) is 0.618. The number of benzene rings is 1. The van der Waals surface area contributed by atoms with Crippen LogP contribution in [0.4, 0.5) is 0 Å². The van der Waals surface area contributed by atoms with E-state index in [1.807, 2.05) is 13.0 Å². The maximum Gasteiger partial charge on any atom is 0.120 e. The van der Waals surface area contributed by atoms with Gasteiger partial charge in [-0.15, -0.1) is 0 Å². The summed E-state index contributed by atoms with van der Waals surface area (Å²) in [5.41, 5.74) is 3.44. The molecule has 0 saturated carbocycles. The highest BCUT2D eigenvalue weighted by molar-refractivity contribution is 5.44. The zero-order valence-corrected chi connectivity index (χ0v) is 7.39. The summed E-state index contributed by atoms with van der Waals surface area (Å²) in [4.78, 5) is 0. The van der Waals surface area contributed by atoms with Crippen molar-refractivity contribution < 1.29 is 5.11 Å². The first-order chi connectivity index (χ1) is 5.68. The van der Waals surface area contributed by atoms with Crippen molar-refractivity contribution in [2.75, 3.05) is 6.54 Å². The Morgan fingerprint density at radius 3 is 2.50 bits per heavy atom. The minimum absolute atomic E-state index is 0.393. The first kappa shape index (κ1) is 7.62. The lowest BCUT2D eigenvalue weighted by molar-refractivity contribution is 0.467.